The number of anilines is 2. The van der Waals surface area contributed by atoms with Gasteiger partial charge in [-0.15, -0.1) is 11.3 Å². The van der Waals surface area contributed by atoms with Gasteiger partial charge in [-0.25, -0.2) is 37.0 Å². The fourth-order valence-corrected chi connectivity index (χ4v) is 12.4. The zero-order valence-electron chi connectivity index (χ0n) is 58.6. The van der Waals surface area contributed by atoms with Crippen LogP contribution in [-0.4, -0.2) is 87.1 Å². The normalized spacial score (nSPS) is 11.3. The lowest BCUT2D eigenvalue weighted by atomic mass is 10.0. The topological polar surface area (TPSA) is 338 Å². The fourth-order valence-electron chi connectivity index (χ4n) is 9.95. The highest BCUT2D eigenvalue weighted by atomic mass is 35.5. The Morgan fingerprint density at radius 1 is 0.438 bits per heavy atom. The summed E-state index contributed by atoms with van der Waals surface area (Å²) in [6.07, 6.45) is 5.20. The Hall–Kier alpha value is -13.6. The number of thiazole rings is 1. The average Bonchev–Trinajstić information content (AvgIpc) is 0.858. The Balaban J connectivity index is 0.000000172. The number of carbonyl (C=O) groups excluding carboxylic acids is 4. The summed E-state index contributed by atoms with van der Waals surface area (Å²) in [5.74, 6) is -7.01. The molecule has 2 heterocycles. The molecule has 0 fully saturated rings. The molecule has 2 aromatic heterocycles. The minimum absolute atomic E-state index is 0.00864. The fraction of sp³-hybridized carbons (Fsp3) is 0.0235. The zero-order chi connectivity index (χ0) is 80.3. The number of carboxylic acid groups (broad SMARTS) is 4. The van der Waals surface area contributed by atoms with Gasteiger partial charge in [-0.1, -0.05) is 181 Å². The van der Waals surface area contributed by atoms with Crippen LogP contribution in [0.3, 0.4) is 0 Å². The summed E-state index contributed by atoms with van der Waals surface area (Å²) < 4.78 is 43.8. The Labute approximate surface area is 659 Å². The van der Waals surface area contributed by atoms with E-state index >= 15 is 0 Å². The second kappa shape index (κ2) is 40.0. The number of nitrogens with zero attached hydrogens (tertiary/aromatic N) is 1. The Morgan fingerprint density at radius 2 is 0.839 bits per heavy atom. The van der Waals surface area contributed by atoms with Crippen molar-refractivity contribution in [3.63, 3.8) is 0 Å². The van der Waals surface area contributed by atoms with Crippen LogP contribution >= 0.6 is 46.1 Å². The van der Waals surface area contributed by atoms with Crippen molar-refractivity contribution in [1.82, 2.24) is 26.3 Å². The maximum absolute atomic E-state index is 14.3. The molecular formula is C85H64Cl3FN6O15S2. The van der Waals surface area contributed by atoms with E-state index in [1.54, 1.807) is 219 Å². The van der Waals surface area contributed by atoms with E-state index in [0.717, 1.165) is 16.9 Å². The first-order valence-corrected chi connectivity index (χ1v) is 37.0. The number of aromatic nitrogens is 1. The quantitative estimate of drug-likeness (QED) is 0.0269. The van der Waals surface area contributed by atoms with Gasteiger partial charge in [-0.2, -0.15) is 0 Å². The van der Waals surface area contributed by atoms with E-state index in [0.29, 0.717) is 76.0 Å². The average molecular weight is 1600 g/mol. The van der Waals surface area contributed by atoms with Gasteiger partial charge in [0.05, 0.1) is 32.1 Å². The van der Waals surface area contributed by atoms with Crippen LogP contribution in [0.1, 0.15) is 70.9 Å². The highest BCUT2D eigenvalue weighted by molar-refractivity contribution is 7.91. The molecule has 9 N–H and O–H groups in total. The number of halogens is 4. The molecule has 10 aromatic carbocycles. The molecule has 21 nitrogen and oxygen atoms in total. The summed E-state index contributed by atoms with van der Waals surface area (Å²) in [6.45, 7) is 1.57. The number of sulfone groups is 1. The van der Waals surface area contributed by atoms with E-state index in [-0.39, 0.29) is 44.8 Å². The SMILES string of the molecule is CCS(=O)(=O)c1ccc(-c2ccc(/C=C(\NC(=O)c3ccccc3)C(=O)O)o2)cc1.O=C(O)/C(=C/c1ccc(F)c(-c2ccccc2Cl)c1)NC(=O)c1ccccc1.O=C(O)/C(=C/c1ccc(Nc2ccccc2Cl)cc1)NC(=O)c1ccccc1.O=C(O)/C(=C/c1csc(-c2ccccc2Cl)n1)NC(=O)c1ccccc1. The number of rotatable bonds is 23. The summed E-state index contributed by atoms with van der Waals surface area (Å²) in [5.41, 5.74) is 5.44. The summed E-state index contributed by atoms with van der Waals surface area (Å²) >= 11 is 19.8. The number of hydrogen-bond donors (Lipinski definition) is 9. The van der Waals surface area contributed by atoms with Crippen LogP contribution in [0, 0.1) is 5.82 Å². The van der Waals surface area contributed by atoms with Crippen LogP contribution in [0.5, 0.6) is 0 Å². The van der Waals surface area contributed by atoms with Crippen LogP contribution in [0.4, 0.5) is 15.8 Å². The summed E-state index contributed by atoms with van der Waals surface area (Å²) in [7, 11) is -3.30. The lowest BCUT2D eigenvalue weighted by molar-refractivity contribution is -0.133. The number of aliphatic carboxylic acids is 4. The Kier molecular flexibility index (Phi) is 29.4. The van der Waals surface area contributed by atoms with Crippen LogP contribution in [0.2, 0.25) is 15.1 Å². The second-order valence-corrected chi connectivity index (χ2v) is 27.7. The number of amides is 4. The molecule has 0 aliphatic rings. The smallest absolute Gasteiger partial charge is 0.352 e. The number of furan rings is 1. The minimum Gasteiger partial charge on any atom is -0.477 e. The molecule has 12 aromatic rings. The molecule has 0 aliphatic carbocycles. The van der Waals surface area contributed by atoms with Gasteiger partial charge in [0, 0.05) is 66.7 Å². The van der Waals surface area contributed by atoms with Gasteiger partial charge in [-0.05, 0) is 163 Å². The van der Waals surface area contributed by atoms with Crippen molar-refractivity contribution in [3.05, 3.63) is 367 Å². The molecule has 0 saturated carbocycles. The van der Waals surface area contributed by atoms with E-state index in [4.69, 9.17) is 39.2 Å². The summed E-state index contributed by atoms with van der Waals surface area (Å²) in [6, 6.07) is 75.4. The maximum atomic E-state index is 14.3. The van der Waals surface area contributed by atoms with Crippen LogP contribution < -0.4 is 26.6 Å². The monoisotopic (exact) mass is 1600 g/mol. The first-order chi connectivity index (χ1) is 53.8. The Morgan fingerprint density at radius 3 is 1.29 bits per heavy atom. The molecular weight excluding hydrogens is 1530 g/mol. The molecule has 0 bridgehead atoms. The van der Waals surface area contributed by atoms with Gasteiger partial charge in [-0.3, -0.25) is 19.2 Å². The van der Waals surface area contributed by atoms with Gasteiger partial charge < -0.3 is 51.4 Å². The van der Waals surface area contributed by atoms with Gasteiger partial charge in [0.25, 0.3) is 23.6 Å². The molecule has 0 unspecified atom stereocenters. The third kappa shape index (κ3) is 23.9. The maximum Gasteiger partial charge on any atom is 0.352 e. The zero-order valence-corrected chi connectivity index (χ0v) is 62.5. The predicted molar refractivity (Wildman–Crippen MR) is 431 cm³/mol. The lowest BCUT2D eigenvalue weighted by Crippen LogP contribution is -2.27. The molecule has 0 saturated heterocycles. The van der Waals surface area contributed by atoms with E-state index in [1.807, 2.05) is 36.4 Å². The van der Waals surface area contributed by atoms with Crippen molar-refractivity contribution < 1.29 is 76.0 Å². The van der Waals surface area contributed by atoms with E-state index in [2.05, 4.69) is 31.6 Å². The van der Waals surface area contributed by atoms with Crippen LogP contribution in [0.15, 0.2) is 310 Å². The largest absolute Gasteiger partial charge is 0.477 e. The number of carboxylic acids is 4. The van der Waals surface area contributed by atoms with Crippen LogP contribution in [0.25, 0.3) is 57.3 Å². The van der Waals surface area contributed by atoms with Crippen molar-refractivity contribution >= 4 is 139 Å². The molecule has 12 rings (SSSR count). The van der Waals surface area contributed by atoms with Crippen molar-refractivity contribution in [2.75, 3.05) is 11.1 Å². The lowest BCUT2D eigenvalue weighted by Gasteiger charge is -2.09. The Bertz CT molecular complexity index is 5650. The summed E-state index contributed by atoms with van der Waals surface area (Å²) in [5, 5.41) is 54.3. The van der Waals surface area contributed by atoms with Crippen molar-refractivity contribution in [3.8, 4) is 33.0 Å². The number of carbonyl (C=O) groups is 8. The first-order valence-electron chi connectivity index (χ1n) is 33.4. The van der Waals surface area contributed by atoms with E-state index in [9.17, 15) is 71.6 Å². The summed E-state index contributed by atoms with van der Waals surface area (Å²) in [4.78, 5) is 99.5. The molecule has 0 atom stereocenters. The predicted octanol–water partition coefficient (Wildman–Crippen LogP) is 17.9. The second-order valence-electron chi connectivity index (χ2n) is 23.4. The van der Waals surface area contributed by atoms with E-state index < -0.39 is 63.2 Å². The molecule has 564 valence electrons. The van der Waals surface area contributed by atoms with Gasteiger partial charge in [0.1, 0.15) is 45.1 Å². The standard InChI is InChI=1S/C22H15ClFNO3.C22H17ClN2O3.C22H19NO6S.C19H13ClN2O3S/c23-18-9-5-4-8-16(18)17-12-14(10-11-19(17)24)13-20(22(27)28)25-21(26)15-6-2-1-3-7-15;23-18-8-4-5-9-19(18)24-17-12-10-15(11-13-17)14-20(22(27)28)25-21(26)16-6-2-1-3-7-16;1-2-30(27,28)18-11-8-15(9-12-18)20-13-10-17(29-20)14-19(22(25)26)23-21(24)16-6-4-3-5-7-16;20-15-9-5-4-8-14(15)18-21-13(11-26-18)10-16(19(24)25)22-17(23)12-6-2-1-3-7-12/h1-13H,(H,25,26)(H,27,28);1-14,24H,(H,25,26)(H,27,28);3-14H,2H2,1H3,(H,23,24)(H,25,26);1-11H,(H,22,23)(H,24,25)/b20-13-;20-14-;19-14-;16-10-. The van der Waals surface area contributed by atoms with E-state index in [1.165, 1.54) is 66.0 Å². The molecule has 0 spiro atoms. The van der Waals surface area contributed by atoms with Crippen molar-refractivity contribution in [2.24, 2.45) is 0 Å². The first kappa shape index (κ1) is 82.4. The molecule has 4 amide bonds. The molecule has 27 heteroatoms. The number of hydrogen-bond acceptors (Lipinski definition) is 14. The van der Waals surface area contributed by atoms with Crippen LogP contribution in [-0.2, 0) is 29.0 Å². The third-order valence-corrected chi connectivity index (χ3v) is 19.2. The number of nitrogens with one attached hydrogen (secondary N) is 5. The minimum atomic E-state index is -3.30. The molecule has 0 radical (unpaired) electrons. The van der Waals surface area contributed by atoms with Gasteiger partial charge in [0.2, 0.25) is 0 Å². The third-order valence-electron chi connectivity index (χ3n) is 15.6. The molecule has 112 heavy (non-hydrogen) atoms. The van der Waals surface area contributed by atoms with Gasteiger partial charge in [0.15, 0.2) is 9.84 Å². The number of para-hydroxylation sites is 1. The van der Waals surface area contributed by atoms with Crippen molar-refractivity contribution in [1.29, 1.82) is 0 Å². The van der Waals surface area contributed by atoms with Gasteiger partial charge >= 0.3 is 23.9 Å². The highest BCUT2D eigenvalue weighted by Gasteiger charge is 2.21. The molecule has 0 aliphatic heterocycles. The van der Waals surface area contributed by atoms with Crippen molar-refractivity contribution in [2.45, 2.75) is 11.8 Å². The number of benzene rings is 10. The highest BCUT2D eigenvalue weighted by Crippen LogP contribution is 2.33.